The average Bonchev–Trinajstić information content (AvgIpc) is 3.17. The van der Waals surface area contributed by atoms with Crippen LogP contribution in [0.25, 0.3) is 10.2 Å². The van der Waals surface area contributed by atoms with Gasteiger partial charge in [0.15, 0.2) is 0 Å². The van der Waals surface area contributed by atoms with E-state index in [0.717, 1.165) is 41.5 Å². The Labute approximate surface area is 183 Å². The predicted octanol–water partition coefficient (Wildman–Crippen LogP) is 4.15. The van der Waals surface area contributed by atoms with Gasteiger partial charge < -0.3 is 9.80 Å². The Morgan fingerprint density at radius 3 is 2.63 bits per heavy atom. The molecule has 0 N–H and O–H groups in total. The number of aryl methyl sites for hydroxylation is 2. The molecular weight excluding hydrogens is 419 g/mol. The summed E-state index contributed by atoms with van der Waals surface area (Å²) >= 11 is 3.32. The predicted molar refractivity (Wildman–Crippen MR) is 120 cm³/mol. The lowest BCUT2D eigenvalue weighted by Crippen LogP contribution is -2.49. The van der Waals surface area contributed by atoms with Gasteiger partial charge in [0.1, 0.15) is 22.0 Å². The van der Waals surface area contributed by atoms with E-state index >= 15 is 0 Å². The van der Waals surface area contributed by atoms with Crippen LogP contribution in [-0.2, 0) is 17.6 Å². The second-order valence-electron chi connectivity index (χ2n) is 7.70. The molecule has 30 heavy (non-hydrogen) atoms. The molecule has 1 amide bonds. The van der Waals surface area contributed by atoms with Gasteiger partial charge >= 0.3 is 0 Å². The first kappa shape index (κ1) is 19.8. The number of carbonyl (C=O) groups is 1. The molecule has 5 nitrogen and oxygen atoms in total. The molecule has 8 heteroatoms. The lowest BCUT2D eigenvalue weighted by Gasteiger charge is -2.36. The third-order valence-electron chi connectivity index (χ3n) is 5.87. The molecule has 0 unspecified atom stereocenters. The molecule has 3 aromatic rings. The molecule has 0 saturated carbocycles. The number of fused-ring (bicyclic) bond motifs is 3. The van der Waals surface area contributed by atoms with Crippen LogP contribution in [-0.4, -0.2) is 52.7 Å². The van der Waals surface area contributed by atoms with Crippen LogP contribution in [0.1, 0.15) is 23.3 Å². The molecule has 2 aromatic heterocycles. The van der Waals surface area contributed by atoms with Crippen molar-refractivity contribution in [1.82, 2.24) is 14.9 Å². The van der Waals surface area contributed by atoms with Gasteiger partial charge in [-0.05, 0) is 55.5 Å². The molecule has 1 saturated heterocycles. The van der Waals surface area contributed by atoms with Crippen molar-refractivity contribution < 1.29 is 9.18 Å². The number of thioether (sulfide) groups is 1. The maximum atomic E-state index is 13.1. The summed E-state index contributed by atoms with van der Waals surface area (Å²) in [5.74, 6) is 0.317. The van der Waals surface area contributed by atoms with Crippen molar-refractivity contribution in [2.75, 3.05) is 36.8 Å². The van der Waals surface area contributed by atoms with E-state index in [1.807, 2.05) is 4.90 Å². The second-order valence-corrected chi connectivity index (χ2v) is 9.75. The summed E-state index contributed by atoms with van der Waals surface area (Å²) in [6.45, 7) is 2.89. The summed E-state index contributed by atoms with van der Waals surface area (Å²) in [4.78, 5) is 28.4. The Hall–Kier alpha value is -2.19. The molecule has 3 heterocycles. The Morgan fingerprint density at radius 2 is 1.83 bits per heavy atom. The van der Waals surface area contributed by atoms with E-state index in [1.165, 1.54) is 52.6 Å². The molecule has 5 rings (SSSR count). The number of halogens is 1. The van der Waals surface area contributed by atoms with Crippen molar-refractivity contribution in [3.63, 3.8) is 0 Å². The van der Waals surface area contributed by atoms with Gasteiger partial charge in [-0.3, -0.25) is 4.79 Å². The number of anilines is 1. The van der Waals surface area contributed by atoms with Gasteiger partial charge in [0, 0.05) is 42.1 Å². The lowest BCUT2D eigenvalue weighted by molar-refractivity contribution is -0.128. The Morgan fingerprint density at radius 1 is 1.07 bits per heavy atom. The van der Waals surface area contributed by atoms with E-state index in [0.29, 0.717) is 18.8 Å². The number of hydrogen-bond donors (Lipinski definition) is 0. The van der Waals surface area contributed by atoms with Crippen LogP contribution in [0.15, 0.2) is 35.6 Å². The summed E-state index contributed by atoms with van der Waals surface area (Å²) in [6.07, 6.45) is 6.32. The van der Waals surface area contributed by atoms with Crippen molar-refractivity contribution in [1.29, 1.82) is 0 Å². The van der Waals surface area contributed by atoms with E-state index in [-0.39, 0.29) is 11.7 Å². The fourth-order valence-electron chi connectivity index (χ4n) is 4.26. The normalized spacial score (nSPS) is 16.7. The second kappa shape index (κ2) is 8.51. The van der Waals surface area contributed by atoms with Gasteiger partial charge in [-0.25, -0.2) is 14.4 Å². The molecule has 0 spiro atoms. The fraction of sp³-hybridized carbons (Fsp3) is 0.409. The number of thiophene rings is 1. The summed E-state index contributed by atoms with van der Waals surface area (Å²) in [6, 6.07) is 6.55. The van der Waals surface area contributed by atoms with Crippen molar-refractivity contribution in [3.8, 4) is 0 Å². The number of nitrogens with zero attached hydrogens (tertiary/aromatic N) is 4. The smallest absolute Gasteiger partial charge is 0.233 e. The highest BCUT2D eigenvalue weighted by atomic mass is 32.2. The van der Waals surface area contributed by atoms with E-state index in [4.69, 9.17) is 0 Å². The summed E-state index contributed by atoms with van der Waals surface area (Å²) in [7, 11) is 0. The highest BCUT2D eigenvalue weighted by molar-refractivity contribution is 8.00. The number of benzene rings is 1. The van der Waals surface area contributed by atoms with Gasteiger partial charge in [-0.2, -0.15) is 0 Å². The first-order valence-corrected chi connectivity index (χ1v) is 12.2. The average molecular weight is 443 g/mol. The van der Waals surface area contributed by atoms with Crippen LogP contribution in [0.5, 0.6) is 0 Å². The number of rotatable bonds is 4. The lowest BCUT2D eigenvalue weighted by atomic mass is 9.97. The zero-order valence-corrected chi connectivity index (χ0v) is 18.3. The number of carbonyl (C=O) groups excluding carboxylic acids is 1. The van der Waals surface area contributed by atoms with E-state index in [9.17, 15) is 9.18 Å². The number of hydrogen-bond acceptors (Lipinski definition) is 6. The van der Waals surface area contributed by atoms with Crippen LogP contribution in [0.2, 0.25) is 0 Å². The van der Waals surface area contributed by atoms with E-state index in [2.05, 4.69) is 14.9 Å². The standard InChI is InChI=1S/C22H23FN4OS2/c23-15-5-7-16(8-6-15)26-9-11-27(12-10-26)19(28)13-29-21-20-17-3-1-2-4-18(17)30-22(20)25-14-24-21/h5-8,14H,1-4,9-13H2. The Kier molecular flexibility index (Phi) is 5.60. The molecule has 1 aliphatic heterocycles. The van der Waals surface area contributed by atoms with Crippen LogP contribution < -0.4 is 4.90 Å². The minimum Gasteiger partial charge on any atom is -0.368 e. The molecule has 156 valence electrons. The molecule has 2 aliphatic rings. The molecule has 0 atom stereocenters. The monoisotopic (exact) mass is 442 g/mol. The zero-order chi connectivity index (χ0) is 20.5. The maximum Gasteiger partial charge on any atom is 0.233 e. The van der Waals surface area contributed by atoms with Crippen LogP contribution in [0, 0.1) is 5.82 Å². The van der Waals surface area contributed by atoms with Crippen molar-refractivity contribution in [3.05, 3.63) is 46.9 Å². The molecule has 1 aromatic carbocycles. The zero-order valence-electron chi connectivity index (χ0n) is 16.6. The molecule has 1 aliphatic carbocycles. The summed E-state index contributed by atoms with van der Waals surface area (Å²) in [5, 5.41) is 2.12. The third kappa shape index (κ3) is 3.90. The first-order chi connectivity index (χ1) is 14.7. The van der Waals surface area contributed by atoms with Gasteiger partial charge in [0.05, 0.1) is 5.75 Å². The summed E-state index contributed by atoms with van der Waals surface area (Å²) in [5.41, 5.74) is 2.41. The molecule has 0 radical (unpaired) electrons. The minimum atomic E-state index is -0.227. The quantitative estimate of drug-likeness (QED) is 0.449. The van der Waals surface area contributed by atoms with E-state index < -0.39 is 0 Å². The van der Waals surface area contributed by atoms with E-state index in [1.54, 1.807) is 29.8 Å². The number of piperazine rings is 1. The topological polar surface area (TPSA) is 49.3 Å². The van der Waals surface area contributed by atoms with Gasteiger partial charge in [-0.1, -0.05) is 11.8 Å². The van der Waals surface area contributed by atoms with Gasteiger partial charge in [0.2, 0.25) is 5.91 Å². The molecular formula is C22H23FN4OS2. The number of aromatic nitrogens is 2. The first-order valence-electron chi connectivity index (χ1n) is 10.4. The maximum absolute atomic E-state index is 13.1. The molecule has 0 bridgehead atoms. The highest BCUT2D eigenvalue weighted by Gasteiger charge is 2.23. The van der Waals surface area contributed by atoms with Gasteiger partial charge in [-0.15, -0.1) is 11.3 Å². The summed E-state index contributed by atoms with van der Waals surface area (Å²) < 4.78 is 13.1. The Balaban J connectivity index is 1.22. The largest absolute Gasteiger partial charge is 0.368 e. The van der Waals surface area contributed by atoms with Crippen molar-refractivity contribution in [2.45, 2.75) is 30.7 Å². The van der Waals surface area contributed by atoms with Gasteiger partial charge in [0.25, 0.3) is 0 Å². The van der Waals surface area contributed by atoms with Crippen LogP contribution >= 0.6 is 23.1 Å². The number of amides is 1. The van der Waals surface area contributed by atoms with Crippen LogP contribution in [0.4, 0.5) is 10.1 Å². The SMILES string of the molecule is O=C(CSc1ncnc2sc3c(c12)CCCC3)N1CCN(c2ccc(F)cc2)CC1. The molecule has 1 fully saturated rings. The third-order valence-corrected chi connectivity index (χ3v) is 8.05. The van der Waals surface area contributed by atoms with Crippen molar-refractivity contribution >= 4 is 44.9 Å². The van der Waals surface area contributed by atoms with Crippen molar-refractivity contribution in [2.24, 2.45) is 0 Å². The highest BCUT2D eigenvalue weighted by Crippen LogP contribution is 2.39. The van der Waals surface area contributed by atoms with Crippen LogP contribution in [0.3, 0.4) is 0 Å². The fourth-order valence-corrected chi connectivity index (χ4v) is 6.48. The Bertz CT molecular complexity index is 1060. The minimum absolute atomic E-state index is 0.148.